The summed E-state index contributed by atoms with van der Waals surface area (Å²) in [5.74, 6) is -2.93. The van der Waals surface area contributed by atoms with Crippen molar-refractivity contribution in [3.63, 3.8) is 0 Å². The Bertz CT molecular complexity index is 2390. The summed E-state index contributed by atoms with van der Waals surface area (Å²) in [6.07, 6.45) is -3.72. The van der Waals surface area contributed by atoms with Gasteiger partial charge in [0.2, 0.25) is 5.78 Å². The number of ketones is 1. The summed E-state index contributed by atoms with van der Waals surface area (Å²) in [6.45, 7) is 0. The molecule has 0 spiro atoms. The zero-order valence-corrected chi connectivity index (χ0v) is 37.9. The minimum absolute atomic E-state index is 0.436. The highest BCUT2D eigenvalue weighted by atomic mass is 33.5. The monoisotopic (exact) mass is 972 g/mol. The molecule has 0 fully saturated rings. The third-order valence-electron chi connectivity index (χ3n) is 6.47. The molecule has 0 amide bonds. The van der Waals surface area contributed by atoms with Crippen LogP contribution >= 0.6 is 0 Å². The number of halogens is 3. The summed E-state index contributed by atoms with van der Waals surface area (Å²) in [6, 6.07) is 30.8. The minimum Gasteiger partial charge on any atom is -0.288 e. The highest BCUT2D eigenvalue weighted by Gasteiger charge is 2.47. The number of hydrogen-bond donors (Lipinski definition) is 0. The predicted molar refractivity (Wildman–Crippen MR) is 245 cm³/mol. The lowest BCUT2D eigenvalue weighted by Gasteiger charge is -2.14. The number of carbonyl (C=O) groups is 1. The van der Waals surface area contributed by atoms with Crippen LogP contribution in [0.15, 0.2) is 97.1 Å². The quantitative estimate of drug-likeness (QED) is 0.178. The van der Waals surface area contributed by atoms with Gasteiger partial charge in [0.05, 0.1) is 5.92 Å². The first-order valence-corrected chi connectivity index (χ1v) is 34.4. The first-order valence-electron chi connectivity index (χ1n) is 13.1. The minimum atomic E-state index is -4.82. The van der Waals surface area contributed by atoms with Crippen LogP contribution in [0, 0.1) is 0 Å². The molecule has 0 heterocycles. The maximum absolute atomic E-state index is 12.7. The summed E-state index contributed by atoms with van der Waals surface area (Å²) < 4.78 is 38.2. The Labute approximate surface area is 334 Å². The van der Waals surface area contributed by atoms with E-state index in [0.29, 0.717) is 22.3 Å². The number of alkyl halides is 3. The van der Waals surface area contributed by atoms with Crippen LogP contribution in [0.25, 0.3) is 22.3 Å². The molecule has 49 heavy (non-hydrogen) atoms. The number of benzene rings is 4. The molecule has 0 saturated carbocycles. The lowest BCUT2D eigenvalue weighted by Crippen LogP contribution is -2.28. The summed E-state index contributed by atoms with van der Waals surface area (Å²) in [4.78, 5) is 11.7. The molecular formula is C28H19F3OS17. The van der Waals surface area contributed by atoms with Gasteiger partial charge in [-0.2, -0.15) is 13.2 Å². The fraction of sp³-hybridized carbons (Fsp3) is 0.107. The van der Waals surface area contributed by atoms with Crippen molar-refractivity contribution in [2.45, 2.75) is 18.5 Å². The Morgan fingerprint density at radius 3 is 1.14 bits per heavy atom. The summed E-state index contributed by atoms with van der Waals surface area (Å²) >= 11 is 9.48. The van der Waals surface area contributed by atoms with E-state index >= 15 is 0 Å². The maximum atomic E-state index is 12.7. The number of carbonyl (C=O) groups excluding carboxylic acids is 1. The van der Waals surface area contributed by atoms with Gasteiger partial charge < -0.3 is 0 Å². The van der Waals surface area contributed by atoms with Gasteiger partial charge in [0.25, 0.3) is 0 Å². The average molecular weight is 974 g/mol. The van der Waals surface area contributed by atoms with Gasteiger partial charge >= 0.3 is 6.18 Å². The fourth-order valence-corrected chi connectivity index (χ4v) is 40.5. The number of Topliss-reactive ketones (excluding diaryl/α,β-unsaturated/α-hetero) is 1. The first-order chi connectivity index (χ1) is 23.9. The van der Waals surface area contributed by atoms with E-state index in [1.165, 1.54) is 40.0 Å². The molecule has 21 heteroatoms. The highest BCUT2D eigenvalue weighted by molar-refractivity contribution is 8.77. The maximum Gasteiger partial charge on any atom is 0.450 e. The molecule has 0 unspecified atom stereocenters. The molecule has 2 aliphatic rings. The Morgan fingerprint density at radius 1 is 0.490 bits per heavy atom. The van der Waals surface area contributed by atoms with E-state index in [2.05, 4.69) is 48.5 Å². The number of hydrogen-bond acceptors (Lipinski definition) is 3. The molecule has 0 atom stereocenters. The van der Waals surface area contributed by atoms with Crippen molar-refractivity contribution in [1.29, 1.82) is 0 Å². The second-order valence-electron chi connectivity index (χ2n) is 8.98. The van der Waals surface area contributed by atoms with Crippen LogP contribution in [0.4, 0.5) is 13.2 Å². The van der Waals surface area contributed by atoms with E-state index in [1.54, 1.807) is 164 Å². The molecule has 4 aromatic rings. The highest BCUT2D eigenvalue weighted by Crippen LogP contribution is 2.47. The average Bonchev–Trinajstić information content (AvgIpc) is 3.66. The predicted octanol–water partition coefficient (Wildman–Crippen LogP) is 7.15. The Hall–Kier alpha value is 0.0800. The topological polar surface area (TPSA) is 17.1 Å². The molecule has 0 radical (unpaired) electrons. The van der Waals surface area contributed by atoms with Gasteiger partial charge in [-0.15, -0.1) is 0 Å². The molecule has 4 aromatic carbocycles. The second-order valence-corrected chi connectivity index (χ2v) is 35.5. The molecule has 1 nitrogen and oxygen atoms in total. The van der Waals surface area contributed by atoms with E-state index in [-0.39, 0.29) is 0 Å². The van der Waals surface area contributed by atoms with Gasteiger partial charge in [0.1, 0.15) is 0 Å². The molecule has 6 rings (SSSR count). The van der Waals surface area contributed by atoms with Gasteiger partial charge in [-0.3, -0.25) is 4.79 Å². The first kappa shape index (κ1) is 41.8. The number of rotatable bonds is 1. The zero-order chi connectivity index (χ0) is 34.9. The van der Waals surface area contributed by atoms with Crippen LogP contribution in [-0.4, -0.2) is 12.0 Å². The fourth-order valence-electron chi connectivity index (χ4n) is 4.83. The van der Waals surface area contributed by atoms with Crippen LogP contribution in [0.1, 0.15) is 28.2 Å². The lowest BCUT2D eigenvalue weighted by molar-refractivity contribution is -0.171. The Balaban J connectivity index is 0.000000168. The van der Waals surface area contributed by atoms with Crippen LogP contribution in [0.3, 0.4) is 0 Å². The van der Waals surface area contributed by atoms with Crippen molar-refractivity contribution in [1.82, 2.24) is 0 Å². The Kier molecular flexibility index (Phi) is 19.6. The standard InChI is InChI=1S/C15H9F3O.C13H10.S17/c16-15(17,18)14(19)13-11-7-3-1-5-9(11)10-6-2-4-8-12(10)13;1-3-7-12-10(5-1)9-11-6-2-4-8-13(11)12;1-3-5-7-9-11-13-15-17-16-14-12-10-8-6-4-2/h1-8,13H;1-8H,9H2;. The third kappa shape index (κ3) is 13.2. The lowest BCUT2D eigenvalue weighted by atomic mass is 9.92. The smallest absolute Gasteiger partial charge is 0.288 e. The van der Waals surface area contributed by atoms with Crippen LogP contribution in [0.2, 0.25) is 0 Å². The van der Waals surface area contributed by atoms with E-state index < -0.39 is 17.9 Å². The molecule has 0 bridgehead atoms. The molecule has 260 valence electrons. The SMILES string of the molecule is O=C(C1c2ccccc2-c2ccccc21)C(F)(F)F.S=S=S=S=S=S=S=S=S=S=S=S=S=S=S=S=S.c1ccc2c(c1)Cc1ccccc1-2. The van der Waals surface area contributed by atoms with Gasteiger partial charge in [-0.05, 0) is 50.9 Å². The zero-order valence-electron chi connectivity index (χ0n) is 24.0. The van der Waals surface area contributed by atoms with E-state index in [4.69, 9.17) is 22.4 Å². The summed E-state index contributed by atoms with van der Waals surface area (Å²) in [5.41, 5.74) is 8.04. The Morgan fingerprint density at radius 2 is 0.796 bits per heavy atom. The van der Waals surface area contributed by atoms with Gasteiger partial charge in [0, 0.05) is 156 Å². The molecular weight excluding hydrogens is 954 g/mol. The molecule has 0 saturated heterocycles. The van der Waals surface area contributed by atoms with Crippen LogP contribution < -0.4 is 0 Å². The number of fused-ring (bicyclic) bond motifs is 6. The third-order valence-corrected chi connectivity index (χ3v) is 37.6. The van der Waals surface area contributed by atoms with Crippen molar-refractivity contribution in [3.05, 3.63) is 119 Å². The van der Waals surface area contributed by atoms with Crippen molar-refractivity contribution >= 4 is 161 Å². The molecule has 2 aliphatic carbocycles. The van der Waals surface area contributed by atoms with Crippen LogP contribution in [-0.2, 0) is 167 Å². The van der Waals surface area contributed by atoms with E-state index in [1.807, 2.05) is 0 Å². The van der Waals surface area contributed by atoms with E-state index in [9.17, 15) is 18.0 Å². The van der Waals surface area contributed by atoms with Gasteiger partial charge in [-0.1, -0.05) is 97.1 Å². The largest absolute Gasteiger partial charge is 0.450 e. The van der Waals surface area contributed by atoms with Crippen molar-refractivity contribution < 1.29 is 18.0 Å². The molecule has 0 N–H and O–H groups in total. The van der Waals surface area contributed by atoms with Gasteiger partial charge in [-0.25, -0.2) is 0 Å². The van der Waals surface area contributed by atoms with Crippen LogP contribution in [0.5, 0.6) is 0 Å². The summed E-state index contributed by atoms with van der Waals surface area (Å²) in [7, 11) is 25.4. The van der Waals surface area contributed by atoms with E-state index in [0.717, 1.165) is 6.42 Å². The summed E-state index contributed by atoms with van der Waals surface area (Å²) in [5, 5.41) is 0. The van der Waals surface area contributed by atoms with Crippen molar-refractivity contribution in [3.8, 4) is 22.3 Å². The normalized spacial score (nSPS) is 11.2. The van der Waals surface area contributed by atoms with Crippen molar-refractivity contribution in [2.24, 2.45) is 0 Å². The van der Waals surface area contributed by atoms with Gasteiger partial charge in [0.15, 0.2) is 0 Å². The molecule has 0 aliphatic heterocycles. The second kappa shape index (κ2) is 23.0. The van der Waals surface area contributed by atoms with Crippen molar-refractivity contribution in [2.75, 3.05) is 0 Å². The molecule has 0 aromatic heterocycles.